The zero-order chi connectivity index (χ0) is 9.45. The zero-order valence-corrected chi connectivity index (χ0v) is 8.75. The highest BCUT2D eigenvalue weighted by Gasteiger charge is 2.06. The summed E-state index contributed by atoms with van der Waals surface area (Å²) >= 11 is 1.68. The Morgan fingerprint density at radius 3 is 2.67 bits per heavy atom. The molecule has 6 heteroatoms. The predicted octanol–water partition coefficient (Wildman–Crippen LogP) is -0.349. The number of sulfonamides is 1. The Morgan fingerprint density at radius 2 is 2.17 bits per heavy atom. The van der Waals surface area contributed by atoms with E-state index < -0.39 is 10.0 Å². The van der Waals surface area contributed by atoms with Crippen LogP contribution in [0.3, 0.4) is 0 Å². The third-order valence-corrected chi connectivity index (χ3v) is 3.27. The van der Waals surface area contributed by atoms with Crippen LogP contribution in [0.15, 0.2) is 0 Å². The summed E-state index contributed by atoms with van der Waals surface area (Å²) < 4.78 is 24.2. The first-order valence-electron chi connectivity index (χ1n) is 3.69. The first-order valence-corrected chi connectivity index (χ1v) is 6.74. The van der Waals surface area contributed by atoms with E-state index in [4.69, 9.17) is 5.11 Å². The Kier molecular flexibility index (Phi) is 6.83. The Labute approximate surface area is 77.8 Å². The monoisotopic (exact) mass is 213 g/mol. The molecule has 0 aromatic carbocycles. The molecule has 0 aliphatic carbocycles. The third kappa shape index (κ3) is 6.90. The van der Waals surface area contributed by atoms with Crippen molar-refractivity contribution < 1.29 is 13.5 Å². The van der Waals surface area contributed by atoms with Crippen molar-refractivity contribution in [2.75, 3.05) is 30.9 Å². The molecule has 0 bridgehead atoms. The van der Waals surface area contributed by atoms with Crippen LogP contribution < -0.4 is 4.72 Å². The van der Waals surface area contributed by atoms with E-state index in [-0.39, 0.29) is 12.4 Å². The molecule has 0 saturated carbocycles. The van der Waals surface area contributed by atoms with Crippen molar-refractivity contribution in [3.05, 3.63) is 0 Å². The van der Waals surface area contributed by atoms with Gasteiger partial charge in [-0.2, -0.15) is 11.8 Å². The van der Waals surface area contributed by atoms with Crippen LogP contribution in [0.5, 0.6) is 0 Å². The number of hydrogen-bond acceptors (Lipinski definition) is 4. The Hall–Kier alpha value is 0.220. The predicted molar refractivity (Wildman–Crippen MR) is 51.9 cm³/mol. The lowest BCUT2D eigenvalue weighted by Gasteiger charge is -2.03. The highest BCUT2D eigenvalue weighted by Crippen LogP contribution is 1.94. The molecule has 0 aliphatic rings. The van der Waals surface area contributed by atoms with E-state index in [2.05, 4.69) is 4.72 Å². The van der Waals surface area contributed by atoms with Gasteiger partial charge in [0.1, 0.15) is 0 Å². The van der Waals surface area contributed by atoms with Crippen LogP contribution in [-0.4, -0.2) is 44.4 Å². The van der Waals surface area contributed by atoms with Crippen molar-refractivity contribution >= 4 is 21.8 Å². The van der Waals surface area contributed by atoms with Gasteiger partial charge in [-0.25, -0.2) is 13.1 Å². The van der Waals surface area contributed by atoms with Crippen LogP contribution in [0.1, 0.15) is 6.42 Å². The standard InChI is InChI=1S/C6H15NO3S2/c1-11-5-2-3-7-12(9,10)6-4-8/h7-8H,2-6H2,1H3. The zero-order valence-electron chi connectivity index (χ0n) is 7.12. The second kappa shape index (κ2) is 6.71. The van der Waals surface area contributed by atoms with Crippen LogP contribution in [-0.2, 0) is 10.0 Å². The van der Waals surface area contributed by atoms with Gasteiger partial charge in [0, 0.05) is 6.54 Å². The van der Waals surface area contributed by atoms with Crippen molar-refractivity contribution in [2.24, 2.45) is 0 Å². The summed E-state index contributed by atoms with van der Waals surface area (Å²) in [5.41, 5.74) is 0. The maximum atomic E-state index is 10.9. The summed E-state index contributed by atoms with van der Waals surface area (Å²) in [7, 11) is -3.22. The number of aliphatic hydroxyl groups excluding tert-OH is 1. The molecule has 0 radical (unpaired) electrons. The van der Waals surface area contributed by atoms with Gasteiger partial charge in [0.15, 0.2) is 0 Å². The van der Waals surface area contributed by atoms with E-state index in [9.17, 15) is 8.42 Å². The second-order valence-corrected chi connectivity index (χ2v) is 5.20. The van der Waals surface area contributed by atoms with Crippen molar-refractivity contribution in [1.29, 1.82) is 0 Å². The fourth-order valence-electron chi connectivity index (χ4n) is 0.637. The smallest absolute Gasteiger partial charge is 0.213 e. The summed E-state index contributed by atoms with van der Waals surface area (Å²) in [6, 6.07) is 0. The lowest BCUT2D eigenvalue weighted by atomic mass is 10.5. The molecule has 12 heavy (non-hydrogen) atoms. The lowest BCUT2D eigenvalue weighted by molar-refractivity contribution is 0.319. The summed E-state index contributed by atoms with van der Waals surface area (Å²) in [4.78, 5) is 0. The first kappa shape index (κ1) is 12.2. The average molecular weight is 213 g/mol. The van der Waals surface area contributed by atoms with Gasteiger partial charge in [-0.3, -0.25) is 0 Å². The fourth-order valence-corrected chi connectivity index (χ4v) is 1.91. The molecule has 0 fully saturated rings. The summed E-state index contributed by atoms with van der Waals surface area (Å²) in [5, 5.41) is 8.38. The lowest BCUT2D eigenvalue weighted by Crippen LogP contribution is -2.28. The van der Waals surface area contributed by atoms with Crippen LogP contribution >= 0.6 is 11.8 Å². The van der Waals surface area contributed by atoms with Gasteiger partial charge in [-0.05, 0) is 18.4 Å². The van der Waals surface area contributed by atoms with Gasteiger partial charge in [0.25, 0.3) is 0 Å². The van der Waals surface area contributed by atoms with Crippen LogP contribution in [0.2, 0.25) is 0 Å². The van der Waals surface area contributed by atoms with Crippen LogP contribution in [0.4, 0.5) is 0 Å². The van der Waals surface area contributed by atoms with Crippen molar-refractivity contribution in [1.82, 2.24) is 4.72 Å². The number of rotatable bonds is 7. The minimum atomic E-state index is -3.22. The van der Waals surface area contributed by atoms with Crippen molar-refractivity contribution in [3.8, 4) is 0 Å². The molecule has 2 N–H and O–H groups in total. The molecule has 74 valence electrons. The third-order valence-electron chi connectivity index (χ3n) is 1.21. The Bertz CT molecular complexity index is 191. The quantitative estimate of drug-likeness (QED) is 0.567. The molecular formula is C6H15NO3S2. The van der Waals surface area contributed by atoms with Crippen LogP contribution in [0, 0.1) is 0 Å². The summed E-state index contributed by atoms with van der Waals surface area (Å²) in [6.45, 7) is 0.140. The Morgan fingerprint density at radius 1 is 1.50 bits per heavy atom. The Balaban J connectivity index is 3.48. The van der Waals surface area contributed by atoms with Gasteiger partial charge < -0.3 is 5.11 Å². The largest absolute Gasteiger partial charge is 0.395 e. The molecule has 0 atom stereocenters. The van der Waals surface area contributed by atoms with E-state index in [1.54, 1.807) is 11.8 Å². The highest BCUT2D eigenvalue weighted by molar-refractivity contribution is 7.98. The number of nitrogens with one attached hydrogen (secondary N) is 1. The summed E-state index contributed by atoms with van der Waals surface area (Å²) in [5.74, 6) is 0.744. The molecular weight excluding hydrogens is 198 g/mol. The van der Waals surface area contributed by atoms with Crippen molar-refractivity contribution in [3.63, 3.8) is 0 Å². The second-order valence-electron chi connectivity index (χ2n) is 2.28. The molecule has 0 unspecified atom stereocenters. The highest BCUT2D eigenvalue weighted by atomic mass is 32.2. The number of aliphatic hydroxyl groups is 1. The average Bonchev–Trinajstić information content (AvgIpc) is 1.98. The minimum absolute atomic E-state index is 0.202. The van der Waals surface area contributed by atoms with Gasteiger partial charge in [-0.15, -0.1) is 0 Å². The van der Waals surface area contributed by atoms with E-state index >= 15 is 0 Å². The van der Waals surface area contributed by atoms with E-state index in [0.717, 1.165) is 12.2 Å². The molecule has 0 rings (SSSR count). The first-order chi connectivity index (χ1) is 5.62. The molecule has 0 heterocycles. The maximum absolute atomic E-state index is 10.9. The SMILES string of the molecule is CSCCCNS(=O)(=O)CCO. The topological polar surface area (TPSA) is 66.4 Å². The maximum Gasteiger partial charge on any atom is 0.213 e. The molecule has 4 nitrogen and oxygen atoms in total. The molecule has 0 amide bonds. The van der Waals surface area contributed by atoms with Gasteiger partial charge >= 0.3 is 0 Å². The van der Waals surface area contributed by atoms with E-state index in [1.165, 1.54) is 0 Å². The summed E-state index contributed by atoms with van der Waals surface area (Å²) in [6.07, 6.45) is 2.80. The molecule has 0 saturated heterocycles. The van der Waals surface area contributed by atoms with Crippen LogP contribution in [0.25, 0.3) is 0 Å². The normalized spacial score (nSPS) is 11.8. The number of thioether (sulfide) groups is 1. The number of hydrogen-bond donors (Lipinski definition) is 2. The molecule has 0 aromatic heterocycles. The van der Waals surface area contributed by atoms with E-state index in [0.29, 0.717) is 6.54 Å². The molecule has 0 aliphatic heterocycles. The van der Waals surface area contributed by atoms with Gasteiger partial charge in [0.05, 0.1) is 12.4 Å². The fraction of sp³-hybridized carbons (Fsp3) is 1.00. The molecule has 0 aromatic rings. The van der Waals surface area contributed by atoms with Gasteiger partial charge in [0.2, 0.25) is 10.0 Å². The van der Waals surface area contributed by atoms with E-state index in [1.807, 2.05) is 6.26 Å². The van der Waals surface area contributed by atoms with Gasteiger partial charge in [-0.1, -0.05) is 0 Å². The molecule has 0 spiro atoms. The minimum Gasteiger partial charge on any atom is -0.395 e. The van der Waals surface area contributed by atoms with Crippen molar-refractivity contribution in [2.45, 2.75) is 6.42 Å².